The van der Waals surface area contributed by atoms with Crippen LogP contribution in [0.1, 0.15) is 41.5 Å². The van der Waals surface area contributed by atoms with E-state index < -0.39 is 0 Å². The van der Waals surface area contributed by atoms with Crippen LogP contribution in [0.25, 0.3) is 0 Å². The number of ether oxygens (including phenoxy) is 1. The summed E-state index contributed by atoms with van der Waals surface area (Å²) in [6, 6.07) is 12.2. The van der Waals surface area contributed by atoms with Crippen LogP contribution in [0.4, 0.5) is 0 Å². The predicted octanol–water partition coefficient (Wildman–Crippen LogP) is 4.26. The summed E-state index contributed by atoms with van der Waals surface area (Å²) in [6.07, 6.45) is 2.67. The summed E-state index contributed by atoms with van der Waals surface area (Å²) in [4.78, 5) is 10.4. The average molecular weight is 379 g/mol. The second-order valence-electron chi connectivity index (χ2n) is 6.05. The van der Waals surface area contributed by atoms with Gasteiger partial charge in [0.1, 0.15) is 5.75 Å². The van der Waals surface area contributed by atoms with Crippen LogP contribution in [0.2, 0.25) is 10.0 Å². The molecular formula is C19H20Cl2N2O2. The fourth-order valence-corrected chi connectivity index (χ4v) is 3.75. The Hall–Kier alpha value is -1.75. The molecule has 2 unspecified atom stereocenters. The van der Waals surface area contributed by atoms with Crippen molar-refractivity contribution in [3.63, 3.8) is 0 Å². The first-order valence-electron chi connectivity index (χ1n) is 8.20. The highest BCUT2D eigenvalue weighted by atomic mass is 35.5. The summed E-state index contributed by atoms with van der Waals surface area (Å²) in [7, 11) is 1.97. The van der Waals surface area contributed by atoms with E-state index in [-0.39, 0.29) is 18.7 Å². The third kappa shape index (κ3) is 3.92. The molecule has 0 aliphatic heterocycles. The van der Waals surface area contributed by atoms with Crippen molar-refractivity contribution >= 4 is 29.6 Å². The van der Waals surface area contributed by atoms with E-state index in [1.807, 2.05) is 37.4 Å². The normalized spacial score (nSPS) is 19.2. The Balaban J connectivity index is 1.94. The van der Waals surface area contributed by atoms with Gasteiger partial charge in [-0.3, -0.25) is 4.79 Å². The maximum absolute atomic E-state index is 10.4. The third-order valence-electron chi connectivity index (χ3n) is 4.65. The molecule has 6 heteroatoms. The number of hydrogen-bond donors (Lipinski definition) is 2. The standard InChI is InChI=1S/C19H20Cl2N2O2/c1-22-19-7-5-14(12-2-6-17(20)18(21)8-12)15-4-3-13(9-16(15)19)25-11-23-10-24/h2-4,6,8-10,14,19,22H,5,7,11H2,1H3,(H,23,24). The van der Waals surface area contributed by atoms with Gasteiger partial charge in [-0.15, -0.1) is 0 Å². The lowest BCUT2D eigenvalue weighted by Gasteiger charge is -2.32. The van der Waals surface area contributed by atoms with Crippen LogP contribution < -0.4 is 15.4 Å². The zero-order valence-corrected chi connectivity index (χ0v) is 15.4. The largest absolute Gasteiger partial charge is 0.473 e. The number of hydrogen-bond acceptors (Lipinski definition) is 3. The lowest BCUT2D eigenvalue weighted by Crippen LogP contribution is -2.24. The number of halogens is 2. The zero-order chi connectivity index (χ0) is 17.8. The highest BCUT2D eigenvalue weighted by Crippen LogP contribution is 2.43. The SMILES string of the molecule is CNC1CCC(c2ccc(Cl)c(Cl)c2)c2ccc(OCNC=O)cc21. The van der Waals surface area contributed by atoms with Gasteiger partial charge in [0, 0.05) is 12.0 Å². The Labute approximate surface area is 157 Å². The molecule has 0 saturated heterocycles. The summed E-state index contributed by atoms with van der Waals surface area (Å²) in [6.45, 7) is 0.155. The topological polar surface area (TPSA) is 50.4 Å². The lowest BCUT2D eigenvalue weighted by molar-refractivity contribution is -0.110. The van der Waals surface area contributed by atoms with Gasteiger partial charge in [0.05, 0.1) is 10.0 Å². The Bertz CT molecular complexity index is 767. The van der Waals surface area contributed by atoms with Gasteiger partial charge in [-0.25, -0.2) is 0 Å². The van der Waals surface area contributed by atoms with E-state index in [1.165, 1.54) is 16.7 Å². The van der Waals surface area contributed by atoms with Crippen LogP contribution in [0, 0.1) is 0 Å². The van der Waals surface area contributed by atoms with Crippen molar-refractivity contribution in [1.29, 1.82) is 0 Å². The number of nitrogens with one attached hydrogen (secondary N) is 2. The summed E-state index contributed by atoms with van der Waals surface area (Å²) >= 11 is 12.3. The van der Waals surface area contributed by atoms with Crippen LogP contribution in [-0.2, 0) is 4.79 Å². The maximum Gasteiger partial charge on any atom is 0.209 e. The minimum Gasteiger partial charge on any atom is -0.473 e. The molecule has 1 amide bonds. The van der Waals surface area contributed by atoms with Gasteiger partial charge >= 0.3 is 0 Å². The molecule has 0 bridgehead atoms. The third-order valence-corrected chi connectivity index (χ3v) is 5.39. The first kappa shape index (κ1) is 18.1. The van der Waals surface area contributed by atoms with E-state index in [1.54, 1.807) is 0 Å². The molecule has 3 rings (SSSR count). The number of benzene rings is 2. The molecule has 25 heavy (non-hydrogen) atoms. The number of rotatable bonds is 6. The summed E-state index contributed by atoms with van der Waals surface area (Å²) < 4.78 is 5.57. The molecule has 2 atom stereocenters. The van der Waals surface area contributed by atoms with Crippen LogP contribution >= 0.6 is 23.2 Å². The molecule has 1 aliphatic carbocycles. The highest BCUT2D eigenvalue weighted by Gasteiger charge is 2.28. The first-order chi connectivity index (χ1) is 12.1. The molecule has 0 heterocycles. The number of amides is 1. The van der Waals surface area contributed by atoms with E-state index in [0.717, 1.165) is 18.6 Å². The van der Waals surface area contributed by atoms with Gasteiger partial charge in [0.25, 0.3) is 0 Å². The van der Waals surface area contributed by atoms with Crippen LogP contribution in [0.15, 0.2) is 36.4 Å². The number of carbonyl (C=O) groups excluding carboxylic acids is 1. The van der Waals surface area contributed by atoms with E-state index in [4.69, 9.17) is 27.9 Å². The second kappa shape index (κ2) is 8.09. The fourth-order valence-electron chi connectivity index (χ4n) is 3.44. The highest BCUT2D eigenvalue weighted by molar-refractivity contribution is 6.42. The van der Waals surface area contributed by atoms with Gasteiger partial charge in [-0.2, -0.15) is 0 Å². The zero-order valence-electron chi connectivity index (χ0n) is 13.9. The van der Waals surface area contributed by atoms with E-state index in [9.17, 15) is 4.79 Å². The van der Waals surface area contributed by atoms with Gasteiger partial charge in [-0.05, 0) is 60.8 Å². The first-order valence-corrected chi connectivity index (χ1v) is 8.95. The van der Waals surface area contributed by atoms with Crippen molar-refractivity contribution in [3.8, 4) is 5.75 Å². The Kier molecular flexibility index (Phi) is 5.84. The van der Waals surface area contributed by atoms with Crippen molar-refractivity contribution in [2.75, 3.05) is 13.8 Å². The van der Waals surface area contributed by atoms with Crippen LogP contribution in [0.5, 0.6) is 5.75 Å². The quantitative estimate of drug-likeness (QED) is 0.448. The second-order valence-corrected chi connectivity index (χ2v) is 6.86. The Morgan fingerprint density at radius 3 is 2.68 bits per heavy atom. The molecule has 0 radical (unpaired) electrons. The van der Waals surface area contributed by atoms with Gasteiger partial charge in [0.15, 0.2) is 6.73 Å². The average Bonchev–Trinajstić information content (AvgIpc) is 2.63. The molecule has 2 aromatic rings. The van der Waals surface area contributed by atoms with Crippen LogP contribution in [-0.4, -0.2) is 20.2 Å². The summed E-state index contributed by atoms with van der Waals surface area (Å²) in [5.41, 5.74) is 3.65. The summed E-state index contributed by atoms with van der Waals surface area (Å²) in [5.74, 6) is 1.01. The molecule has 0 saturated carbocycles. The van der Waals surface area contributed by atoms with Crippen molar-refractivity contribution < 1.29 is 9.53 Å². The minimum atomic E-state index is 0.155. The number of fused-ring (bicyclic) bond motifs is 1. The minimum absolute atomic E-state index is 0.155. The van der Waals surface area contributed by atoms with Crippen molar-refractivity contribution in [2.45, 2.75) is 24.8 Å². The molecule has 0 aromatic heterocycles. The Morgan fingerprint density at radius 2 is 1.96 bits per heavy atom. The van der Waals surface area contributed by atoms with Crippen molar-refractivity contribution in [1.82, 2.24) is 10.6 Å². The molecule has 0 fully saturated rings. The lowest BCUT2D eigenvalue weighted by atomic mass is 9.76. The molecule has 132 valence electrons. The Morgan fingerprint density at radius 1 is 1.12 bits per heavy atom. The van der Waals surface area contributed by atoms with E-state index in [2.05, 4.69) is 16.7 Å². The molecular weight excluding hydrogens is 359 g/mol. The predicted molar refractivity (Wildman–Crippen MR) is 100 cm³/mol. The van der Waals surface area contributed by atoms with Gasteiger partial charge in [-0.1, -0.05) is 35.3 Å². The van der Waals surface area contributed by atoms with E-state index in [0.29, 0.717) is 16.5 Å². The maximum atomic E-state index is 10.4. The van der Waals surface area contributed by atoms with Crippen molar-refractivity contribution in [2.24, 2.45) is 0 Å². The van der Waals surface area contributed by atoms with Gasteiger partial charge in [0.2, 0.25) is 6.41 Å². The van der Waals surface area contributed by atoms with Crippen LogP contribution in [0.3, 0.4) is 0 Å². The van der Waals surface area contributed by atoms with Crippen molar-refractivity contribution in [3.05, 3.63) is 63.1 Å². The smallest absolute Gasteiger partial charge is 0.209 e. The monoisotopic (exact) mass is 378 g/mol. The van der Waals surface area contributed by atoms with E-state index >= 15 is 0 Å². The molecule has 4 nitrogen and oxygen atoms in total. The van der Waals surface area contributed by atoms with Gasteiger partial charge < -0.3 is 15.4 Å². The fraction of sp³-hybridized carbons (Fsp3) is 0.316. The summed E-state index contributed by atoms with van der Waals surface area (Å²) in [5, 5.41) is 7.03. The molecule has 1 aliphatic rings. The molecule has 2 aromatic carbocycles. The number of carbonyl (C=O) groups is 1. The molecule has 0 spiro atoms. The molecule has 2 N–H and O–H groups in total.